The lowest BCUT2D eigenvalue weighted by atomic mass is 9.91. The van der Waals surface area contributed by atoms with E-state index in [9.17, 15) is 10.1 Å². The molecule has 0 saturated carbocycles. The summed E-state index contributed by atoms with van der Waals surface area (Å²) in [5, 5.41) is 22.7. The number of carbonyl (C=O) groups is 1. The molecule has 3 aromatic rings. The third kappa shape index (κ3) is 4.37. The van der Waals surface area contributed by atoms with E-state index in [2.05, 4.69) is 21.2 Å². The van der Waals surface area contributed by atoms with Gasteiger partial charge >= 0.3 is 5.97 Å². The molecule has 0 fully saturated rings. The minimum absolute atomic E-state index is 0.0343. The van der Waals surface area contributed by atoms with Gasteiger partial charge < -0.3 is 14.4 Å². The SMILES string of the molecule is CC(C)Oc1ccc(-c2nc(-c3cccc4c3CCN=C4CCC(=O)O)no2)cc1C#N. The van der Waals surface area contributed by atoms with E-state index in [1.165, 1.54) is 0 Å². The number of carboxylic acid groups (broad SMARTS) is 1. The fraction of sp³-hybridized carbons (Fsp3) is 0.292. The molecule has 8 nitrogen and oxygen atoms in total. The highest BCUT2D eigenvalue weighted by Gasteiger charge is 2.21. The number of hydrogen-bond acceptors (Lipinski definition) is 7. The van der Waals surface area contributed by atoms with Gasteiger partial charge in [0, 0.05) is 29.8 Å². The van der Waals surface area contributed by atoms with Crippen molar-refractivity contribution >= 4 is 11.7 Å². The Morgan fingerprint density at radius 3 is 2.84 bits per heavy atom. The van der Waals surface area contributed by atoms with Crippen LogP contribution in [-0.4, -0.2) is 39.6 Å². The molecular formula is C24H22N4O4. The molecule has 0 aliphatic carbocycles. The minimum Gasteiger partial charge on any atom is -0.490 e. The zero-order valence-corrected chi connectivity index (χ0v) is 17.8. The monoisotopic (exact) mass is 430 g/mol. The first-order valence-electron chi connectivity index (χ1n) is 10.4. The van der Waals surface area contributed by atoms with Crippen LogP contribution in [0.1, 0.15) is 43.4 Å². The molecule has 0 bridgehead atoms. The lowest BCUT2D eigenvalue weighted by Crippen LogP contribution is -2.15. The minimum atomic E-state index is -0.847. The first kappa shape index (κ1) is 21.2. The summed E-state index contributed by atoms with van der Waals surface area (Å²) in [6.45, 7) is 4.39. The van der Waals surface area contributed by atoms with Crippen LogP contribution in [0, 0.1) is 11.3 Å². The van der Waals surface area contributed by atoms with Gasteiger partial charge in [0.25, 0.3) is 5.89 Å². The molecule has 0 spiro atoms. The largest absolute Gasteiger partial charge is 0.490 e. The highest BCUT2D eigenvalue weighted by atomic mass is 16.5. The van der Waals surface area contributed by atoms with Gasteiger partial charge in [-0.15, -0.1) is 0 Å². The number of aliphatic carboxylic acids is 1. The van der Waals surface area contributed by atoms with Crippen molar-refractivity contribution in [1.29, 1.82) is 5.26 Å². The van der Waals surface area contributed by atoms with Gasteiger partial charge in [0.1, 0.15) is 11.8 Å². The number of nitriles is 1. The number of fused-ring (bicyclic) bond motifs is 1. The molecule has 0 atom stereocenters. The Kier molecular flexibility index (Phi) is 5.99. The lowest BCUT2D eigenvalue weighted by molar-refractivity contribution is -0.136. The maximum atomic E-state index is 11.0. The molecule has 8 heteroatoms. The lowest BCUT2D eigenvalue weighted by Gasteiger charge is -2.18. The van der Waals surface area contributed by atoms with Gasteiger partial charge in [-0.3, -0.25) is 9.79 Å². The molecule has 0 amide bonds. The average Bonchev–Trinajstić information content (AvgIpc) is 3.27. The van der Waals surface area contributed by atoms with E-state index < -0.39 is 5.97 Å². The standard InChI is InChI=1S/C24H22N4O4/c1-14(2)31-21-8-6-15(12-16(21)13-25)24-27-23(28-32-24)19-5-3-4-18-17(19)10-11-26-20(18)7-9-22(29)30/h3-6,8,12,14H,7,9-11H2,1-2H3,(H,29,30). The van der Waals surface area contributed by atoms with Crippen LogP contribution >= 0.6 is 0 Å². The molecule has 1 aliphatic heterocycles. The van der Waals surface area contributed by atoms with Crippen LogP contribution in [0.2, 0.25) is 0 Å². The Labute approximate surface area is 185 Å². The molecule has 4 rings (SSSR count). The van der Waals surface area contributed by atoms with Crippen LogP contribution in [0.5, 0.6) is 5.75 Å². The van der Waals surface area contributed by atoms with Gasteiger partial charge in [0.15, 0.2) is 0 Å². The number of aliphatic imine (C=N–C) groups is 1. The van der Waals surface area contributed by atoms with E-state index >= 15 is 0 Å². The zero-order valence-electron chi connectivity index (χ0n) is 17.8. The molecule has 32 heavy (non-hydrogen) atoms. The Bertz CT molecular complexity index is 1240. The summed E-state index contributed by atoms with van der Waals surface area (Å²) in [6.07, 6.45) is 1.08. The fourth-order valence-corrected chi connectivity index (χ4v) is 3.72. The van der Waals surface area contributed by atoms with E-state index in [4.69, 9.17) is 14.4 Å². The molecule has 0 saturated heterocycles. The summed E-state index contributed by atoms with van der Waals surface area (Å²) in [5.74, 6) is 0.412. The normalized spacial score (nSPS) is 12.8. The average molecular weight is 430 g/mol. The van der Waals surface area contributed by atoms with Gasteiger partial charge in [0.05, 0.1) is 18.1 Å². The number of hydrogen-bond donors (Lipinski definition) is 1. The summed E-state index contributed by atoms with van der Waals surface area (Å²) in [5.41, 5.74) is 4.62. The summed E-state index contributed by atoms with van der Waals surface area (Å²) in [7, 11) is 0. The number of nitrogens with zero attached hydrogens (tertiary/aromatic N) is 4. The first-order valence-corrected chi connectivity index (χ1v) is 10.4. The van der Waals surface area contributed by atoms with Crippen molar-refractivity contribution in [3.8, 4) is 34.7 Å². The van der Waals surface area contributed by atoms with Crippen molar-refractivity contribution in [3.05, 3.63) is 53.1 Å². The summed E-state index contributed by atoms with van der Waals surface area (Å²) in [4.78, 5) is 20.1. The van der Waals surface area contributed by atoms with Gasteiger partial charge in [-0.25, -0.2) is 0 Å². The second-order valence-electron chi connectivity index (χ2n) is 7.72. The predicted molar refractivity (Wildman–Crippen MR) is 118 cm³/mol. The van der Waals surface area contributed by atoms with Crippen LogP contribution in [0.15, 0.2) is 45.9 Å². The number of carboxylic acids is 1. The van der Waals surface area contributed by atoms with Crippen LogP contribution in [0.4, 0.5) is 0 Å². The zero-order chi connectivity index (χ0) is 22.7. The molecule has 2 heterocycles. The maximum Gasteiger partial charge on any atom is 0.303 e. The van der Waals surface area contributed by atoms with E-state index in [-0.39, 0.29) is 12.5 Å². The van der Waals surface area contributed by atoms with Crippen LogP contribution < -0.4 is 4.74 Å². The molecular weight excluding hydrogens is 408 g/mol. The van der Waals surface area contributed by atoms with Crippen molar-refractivity contribution in [2.45, 2.75) is 39.2 Å². The molecule has 1 N–H and O–H groups in total. The van der Waals surface area contributed by atoms with Crippen molar-refractivity contribution in [3.63, 3.8) is 0 Å². The van der Waals surface area contributed by atoms with Crippen LogP contribution in [0.25, 0.3) is 22.8 Å². The van der Waals surface area contributed by atoms with Crippen LogP contribution in [-0.2, 0) is 11.2 Å². The van der Waals surface area contributed by atoms with E-state index in [1.807, 2.05) is 32.0 Å². The third-order valence-corrected chi connectivity index (χ3v) is 5.10. The third-order valence-electron chi connectivity index (χ3n) is 5.10. The summed E-state index contributed by atoms with van der Waals surface area (Å²) < 4.78 is 11.2. The maximum absolute atomic E-state index is 11.0. The number of benzene rings is 2. The second kappa shape index (κ2) is 9.02. The topological polar surface area (TPSA) is 122 Å². The Morgan fingerprint density at radius 1 is 1.28 bits per heavy atom. The van der Waals surface area contributed by atoms with E-state index in [0.717, 1.165) is 22.4 Å². The fourth-order valence-electron chi connectivity index (χ4n) is 3.72. The van der Waals surface area contributed by atoms with Gasteiger partial charge in [-0.1, -0.05) is 23.4 Å². The Balaban J connectivity index is 1.66. The number of rotatable bonds is 7. The van der Waals surface area contributed by atoms with Crippen molar-refractivity contribution in [2.24, 2.45) is 4.99 Å². The van der Waals surface area contributed by atoms with Crippen LogP contribution in [0.3, 0.4) is 0 Å². The second-order valence-corrected chi connectivity index (χ2v) is 7.72. The van der Waals surface area contributed by atoms with Gasteiger partial charge in [-0.2, -0.15) is 10.2 Å². The quantitative estimate of drug-likeness (QED) is 0.594. The molecule has 1 aliphatic rings. The highest BCUT2D eigenvalue weighted by Crippen LogP contribution is 2.31. The van der Waals surface area contributed by atoms with Crippen molar-refractivity contribution in [2.75, 3.05) is 6.54 Å². The molecule has 0 radical (unpaired) electrons. The molecule has 162 valence electrons. The van der Waals surface area contributed by atoms with Gasteiger partial charge in [0.2, 0.25) is 5.82 Å². The van der Waals surface area contributed by atoms with Crippen molar-refractivity contribution in [1.82, 2.24) is 10.1 Å². The highest BCUT2D eigenvalue weighted by molar-refractivity contribution is 6.04. The summed E-state index contributed by atoms with van der Waals surface area (Å²) >= 11 is 0. The van der Waals surface area contributed by atoms with Crippen molar-refractivity contribution < 1.29 is 19.2 Å². The molecule has 1 aromatic heterocycles. The van der Waals surface area contributed by atoms with Gasteiger partial charge in [-0.05, 0) is 49.6 Å². The molecule has 2 aromatic carbocycles. The smallest absolute Gasteiger partial charge is 0.303 e. The Hall–Kier alpha value is -3.99. The number of aromatic nitrogens is 2. The van der Waals surface area contributed by atoms with E-state index in [1.54, 1.807) is 18.2 Å². The Morgan fingerprint density at radius 2 is 2.09 bits per heavy atom. The van der Waals surface area contributed by atoms with E-state index in [0.29, 0.717) is 48.0 Å². The predicted octanol–water partition coefficient (Wildman–Crippen LogP) is 4.27. The first-order chi connectivity index (χ1) is 15.5. The summed E-state index contributed by atoms with van der Waals surface area (Å²) in [6, 6.07) is 13.1. The number of ether oxygens (including phenoxy) is 1. The molecule has 0 unspecified atom stereocenters.